The van der Waals surface area contributed by atoms with Gasteiger partial charge < -0.3 is 0 Å². The third-order valence-corrected chi connectivity index (χ3v) is 3.08. The van der Waals surface area contributed by atoms with Crippen LogP contribution in [0.4, 0.5) is 11.4 Å². The van der Waals surface area contributed by atoms with Gasteiger partial charge in [-0.15, -0.1) is 0 Å². The Hall–Kier alpha value is -2.50. The van der Waals surface area contributed by atoms with E-state index in [-0.39, 0.29) is 11.4 Å². The lowest BCUT2D eigenvalue weighted by Gasteiger charge is -2.07. The molecule has 0 atom stereocenters. The number of hydrogen-bond donors (Lipinski definition) is 0. The first-order valence-corrected chi connectivity index (χ1v) is 5.25. The van der Waals surface area contributed by atoms with Gasteiger partial charge in [0.05, 0.1) is 20.6 Å². The highest BCUT2D eigenvalue weighted by Crippen LogP contribution is 2.39. The predicted molar refractivity (Wildman–Crippen MR) is 66.7 cm³/mol. The van der Waals surface area contributed by atoms with Crippen LogP contribution in [0.15, 0.2) is 24.3 Å². The van der Waals surface area contributed by atoms with Gasteiger partial charge in [-0.2, -0.15) is 0 Å². The molecule has 2 aromatic rings. The second-order valence-corrected chi connectivity index (χ2v) is 4.01. The first-order valence-electron chi connectivity index (χ1n) is 5.25. The van der Waals surface area contributed by atoms with Crippen LogP contribution in [0, 0.1) is 34.1 Å². The van der Waals surface area contributed by atoms with Crippen LogP contribution < -0.4 is 0 Å². The van der Waals surface area contributed by atoms with Crippen LogP contribution in [0.25, 0.3) is 10.8 Å². The molecule has 0 heterocycles. The molecule has 0 spiro atoms. The van der Waals surface area contributed by atoms with Gasteiger partial charge in [-0.05, 0) is 26.0 Å². The maximum absolute atomic E-state index is 11.1. The molecule has 6 nitrogen and oxygen atoms in total. The fraction of sp³-hybridized carbons (Fsp3) is 0.167. The minimum absolute atomic E-state index is 0.0614. The highest BCUT2D eigenvalue weighted by Gasteiger charge is 2.27. The SMILES string of the molecule is Cc1c(C)c([N+](=O)[O-])c2ccccc2c1[N+](=O)[O-]. The molecule has 2 rings (SSSR count). The van der Waals surface area contributed by atoms with Gasteiger partial charge >= 0.3 is 0 Å². The smallest absolute Gasteiger partial charge is 0.258 e. The normalized spacial score (nSPS) is 10.6. The summed E-state index contributed by atoms with van der Waals surface area (Å²) in [6, 6.07) is 6.33. The monoisotopic (exact) mass is 246 g/mol. The fourth-order valence-electron chi connectivity index (χ4n) is 2.13. The van der Waals surface area contributed by atoms with Crippen LogP contribution in [-0.2, 0) is 0 Å². The summed E-state index contributed by atoms with van der Waals surface area (Å²) in [5.74, 6) is 0. The molecule has 2 aromatic carbocycles. The van der Waals surface area contributed by atoms with E-state index >= 15 is 0 Å². The summed E-state index contributed by atoms with van der Waals surface area (Å²) < 4.78 is 0. The van der Waals surface area contributed by atoms with Crippen LogP contribution in [0.1, 0.15) is 11.1 Å². The number of hydrogen-bond acceptors (Lipinski definition) is 4. The van der Waals surface area contributed by atoms with E-state index in [2.05, 4.69) is 0 Å². The Balaban J connectivity index is 3.07. The minimum Gasteiger partial charge on any atom is -0.258 e. The molecular formula is C12H10N2O4. The van der Waals surface area contributed by atoms with Crippen molar-refractivity contribution in [1.82, 2.24) is 0 Å². The molecule has 0 amide bonds. The van der Waals surface area contributed by atoms with Crippen molar-refractivity contribution >= 4 is 22.1 Å². The number of nitrogens with zero attached hydrogens (tertiary/aromatic N) is 2. The standard InChI is InChI=1S/C12H10N2O4/c1-7-8(2)12(14(17)18)10-6-4-3-5-9(10)11(7)13(15)16/h3-6H,1-2H3. The van der Waals surface area contributed by atoms with E-state index in [1.807, 2.05) is 0 Å². The third kappa shape index (κ3) is 1.58. The molecule has 6 heteroatoms. The third-order valence-electron chi connectivity index (χ3n) is 3.08. The van der Waals surface area contributed by atoms with Gasteiger partial charge in [0.2, 0.25) is 0 Å². The van der Waals surface area contributed by atoms with Crippen LogP contribution in [-0.4, -0.2) is 9.85 Å². The summed E-state index contributed by atoms with van der Waals surface area (Å²) in [5.41, 5.74) is 0.554. The highest BCUT2D eigenvalue weighted by atomic mass is 16.6. The zero-order valence-electron chi connectivity index (χ0n) is 9.84. The maximum Gasteiger partial charge on any atom is 0.280 e. The molecule has 0 saturated carbocycles. The summed E-state index contributed by atoms with van der Waals surface area (Å²) in [4.78, 5) is 21.2. The van der Waals surface area contributed by atoms with Gasteiger partial charge in [0.15, 0.2) is 0 Å². The van der Waals surface area contributed by atoms with Crippen molar-refractivity contribution in [3.8, 4) is 0 Å². The largest absolute Gasteiger partial charge is 0.280 e. The molecule has 18 heavy (non-hydrogen) atoms. The molecule has 0 radical (unpaired) electrons. The Morgan fingerprint density at radius 2 is 1.17 bits per heavy atom. The van der Waals surface area contributed by atoms with Crippen LogP contribution >= 0.6 is 0 Å². The van der Waals surface area contributed by atoms with Crippen molar-refractivity contribution in [2.24, 2.45) is 0 Å². The Morgan fingerprint density at radius 3 is 1.44 bits per heavy atom. The molecule has 0 N–H and O–H groups in total. The zero-order chi connectivity index (χ0) is 13.4. The average molecular weight is 246 g/mol. The van der Waals surface area contributed by atoms with E-state index in [4.69, 9.17) is 0 Å². The van der Waals surface area contributed by atoms with Crippen molar-refractivity contribution in [3.63, 3.8) is 0 Å². The first-order chi connectivity index (χ1) is 8.45. The van der Waals surface area contributed by atoms with Crippen LogP contribution in [0.2, 0.25) is 0 Å². The minimum atomic E-state index is -0.492. The quantitative estimate of drug-likeness (QED) is 0.601. The Morgan fingerprint density at radius 1 is 0.833 bits per heavy atom. The predicted octanol–water partition coefficient (Wildman–Crippen LogP) is 3.27. The van der Waals surface area contributed by atoms with Gasteiger partial charge in [-0.25, -0.2) is 0 Å². The summed E-state index contributed by atoms with van der Waals surface area (Å²) in [7, 11) is 0. The van der Waals surface area contributed by atoms with E-state index in [9.17, 15) is 20.2 Å². The summed E-state index contributed by atoms with van der Waals surface area (Å²) in [5, 5.41) is 22.8. The number of benzene rings is 2. The Bertz CT molecular complexity index is 621. The van der Waals surface area contributed by atoms with Crippen molar-refractivity contribution < 1.29 is 9.85 Å². The van der Waals surface area contributed by atoms with E-state index < -0.39 is 9.85 Å². The maximum atomic E-state index is 11.1. The molecule has 0 aliphatic rings. The molecule has 0 aliphatic carbocycles. The number of nitro benzene ring substituents is 2. The average Bonchev–Trinajstić information content (AvgIpc) is 2.29. The van der Waals surface area contributed by atoms with Crippen LogP contribution in [0.3, 0.4) is 0 Å². The highest BCUT2D eigenvalue weighted by molar-refractivity contribution is 6.00. The number of fused-ring (bicyclic) bond motifs is 1. The van der Waals surface area contributed by atoms with Gasteiger partial charge in [-0.3, -0.25) is 20.2 Å². The molecule has 0 saturated heterocycles. The Labute approximate surface area is 102 Å². The summed E-state index contributed by atoms with van der Waals surface area (Å²) in [6.45, 7) is 3.07. The molecule has 0 unspecified atom stereocenters. The lowest BCUT2D eigenvalue weighted by atomic mass is 9.97. The van der Waals surface area contributed by atoms with Crippen molar-refractivity contribution in [1.29, 1.82) is 0 Å². The Kier molecular flexibility index (Phi) is 2.70. The van der Waals surface area contributed by atoms with Crippen molar-refractivity contribution in [2.45, 2.75) is 13.8 Å². The van der Waals surface area contributed by atoms with Crippen molar-refractivity contribution in [3.05, 3.63) is 55.6 Å². The second kappa shape index (κ2) is 4.06. The van der Waals surface area contributed by atoms with E-state index in [0.717, 1.165) is 0 Å². The van der Waals surface area contributed by atoms with Gasteiger partial charge in [0.25, 0.3) is 11.4 Å². The molecule has 0 fully saturated rings. The van der Waals surface area contributed by atoms with Gasteiger partial charge in [-0.1, -0.05) is 12.1 Å². The van der Waals surface area contributed by atoms with Crippen LogP contribution in [0.5, 0.6) is 0 Å². The molecule has 0 aliphatic heterocycles. The first kappa shape index (κ1) is 12.0. The summed E-state index contributed by atoms with van der Waals surface area (Å²) in [6.07, 6.45) is 0. The van der Waals surface area contributed by atoms with E-state index in [0.29, 0.717) is 21.9 Å². The van der Waals surface area contributed by atoms with Crippen molar-refractivity contribution in [2.75, 3.05) is 0 Å². The zero-order valence-corrected chi connectivity index (χ0v) is 9.84. The lowest BCUT2D eigenvalue weighted by Crippen LogP contribution is -2.01. The molecule has 0 aromatic heterocycles. The van der Waals surface area contributed by atoms with E-state index in [1.54, 1.807) is 12.1 Å². The van der Waals surface area contributed by atoms with E-state index in [1.165, 1.54) is 26.0 Å². The molecular weight excluding hydrogens is 236 g/mol. The number of nitro groups is 2. The van der Waals surface area contributed by atoms with Gasteiger partial charge in [0.1, 0.15) is 0 Å². The number of rotatable bonds is 2. The topological polar surface area (TPSA) is 86.3 Å². The molecule has 92 valence electrons. The summed E-state index contributed by atoms with van der Waals surface area (Å²) >= 11 is 0. The fourth-order valence-corrected chi connectivity index (χ4v) is 2.13. The second-order valence-electron chi connectivity index (χ2n) is 4.01. The van der Waals surface area contributed by atoms with Gasteiger partial charge in [0, 0.05) is 11.1 Å². The molecule has 0 bridgehead atoms. The lowest BCUT2D eigenvalue weighted by molar-refractivity contribution is -0.387.